The fourth-order valence-electron chi connectivity index (χ4n) is 3.19. The number of hydrogen-bond donors (Lipinski definition) is 1. The summed E-state index contributed by atoms with van der Waals surface area (Å²) in [5.41, 5.74) is 3.76. The number of hydrogen-bond acceptors (Lipinski definition) is 4. The van der Waals surface area contributed by atoms with Crippen LogP contribution in [0.25, 0.3) is 0 Å². The molecule has 2 aromatic carbocycles. The van der Waals surface area contributed by atoms with E-state index >= 15 is 0 Å². The van der Waals surface area contributed by atoms with Crippen LogP contribution in [0.1, 0.15) is 22.7 Å². The molecule has 4 nitrogen and oxygen atoms in total. The number of methoxy groups -OCH3 is 1. The van der Waals surface area contributed by atoms with E-state index in [0.717, 1.165) is 40.0 Å². The molecule has 0 saturated heterocycles. The topological polar surface area (TPSA) is 33.7 Å². The first kappa shape index (κ1) is 19.7. The van der Waals surface area contributed by atoms with Crippen molar-refractivity contribution in [2.45, 2.75) is 12.5 Å². The fourth-order valence-corrected chi connectivity index (χ4v) is 4.04. The van der Waals surface area contributed by atoms with Gasteiger partial charge in [0.1, 0.15) is 6.61 Å². The molecular weight excluding hydrogens is 460 g/mol. The van der Waals surface area contributed by atoms with Crippen LogP contribution in [0.5, 0.6) is 11.5 Å². The second-order valence-electron chi connectivity index (χ2n) is 6.66. The maximum atomic E-state index is 6.03. The van der Waals surface area contributed by atoms with Crippen molar-refractivity contribution < 1.29 is 9.47 Å². The van der Waals surface area contributed by atoms with E-state index in [1.807, 2.05) is 20.2 Å². The molecule has 0 saturated carbocycles. The number of likely N-dealkylation sites (N-methyl/N-ethyl adjacent to an activating group) is 1. The first-order chi connectivity index (χ1) is 12.5. The monoisotopic (exact) mass is 482 g/mol. The van der Waals surface area contributed by atoms with Gasteiger partial charge >= 0.3 is 0 Å². The Morgan fingerprint density at radius 3 is 2.65 bits per heavy atom. The van der Waals surface area contributed by atoms with Crippen molar-refractivity contribution >= 4 is 31.9 Å². The summed E-state index contributed by atoms with van der Waals surface area (Å²) in [4.78, 5) is 2.11. The van der Waals surface area contributed by atoms with Crippen LogP contribution in [0, 0.1) is 0 Å². The zero-order chi connectivity index (χ0) is 18.7. The van der Waals surface area contributed by atoms with Crippen LogP contribution in [0.3, 0.4) is 0 Å². The molecule has 1 heterocycles. The average Bonchev–Trinajstić information content (AvgIpc) is 2.62. The highest BCUT2D eigenvalue weighted by Gasteiger charge is 2.25. The molecule has 2 aromatic rings. The van der Waals surface area contributed by atoms with Gasteiger partial charge in [-0.25, -0.2) is 0 Å². The van der Waals surface area contributed by atoms with Crippen molar-refractivity contribution in [3.05, 3.63) is 56.0 Å². The summed E-state index contributed by atoms with van der Waals surface area (Å²) in [5, 5.41) is 3.64. The Bertz CT molecular complexity index is 781. The van der Waals surface area contributed by atoms with E-state index < -0.39 is 0 Å². The number of halogens is 2. The van der Waals surface area contributed by atoms with E-state index in [2.05, 4.69) is 66.3 Å². The van der Waals surface area contributed by atoms with Gasteiger partial charge < -0.3 is 19.7 Å². The zero-order valence-electron chi connectivity index (χ0n) is 15.3. The van der Waals surface area contributed by atoms with E-state index in [1.165, 1.54) is 16.7 Å². The number of rotatable bonds is 6. The molecule has 6 heteroatoms. The highest BCUT2D eigenvalue weighted by atomic mass is 79.9. The molecule has 26 heavy (non-hydrogen) atoms. The molecule has 1 aliphatic rings. The molecule has 0 radical (unpaired) electrons. The van der Waals surface area contributed by atoms with Crippen molar-refractivity contribution in [3.8, 4) is 11.5 Å². The minimum atomic E-state index is 0.118. The third kappa shape index (κ3) is 4.42. The fraction of sp³-hybridized carbons (Fsp3) is 0.400. The summed E-state index contributed by atoms with van der Waals surface area (Å²) in [6.45, 7) is 2.42. The van der Waals surface area contributed by atoms with Crippen molar-refractivity contribution in [2.24, 2.45) is 0 Å². The van der Waals surface area contributed by atoms with Gasteiger partial charge in [0.2, 0.25) is 0 Å². The highest BCUT2D eigenvalue weighted by Crippen LogP contribution is 2.39. The molecule has 1 atom stereocenters. The second kappa shape index (κ2) is 8.74. The third-order valence-electron chi connectivity index (χ3n) is 4.54. The molecular formula is C20H24Br2N2O2. The van der Waals surface area contributed by atoms with Crippen molar-refractivity contribution in [1.82, 2.24) is 10.2 Å². The molecule has 1 aliphatic heterocycles. The predicted octanol–water partition coefficient (Wildman–Crippen LogP) is 4.40. The van der Waals surface area contributed by atoms with Gasteiger partial charge in [-0.3, -0.25) is 0 Å². The number of nitrogens with one attached hydrogen (secondary N) is 1. The minimum Gasteiger partial charge on any atom is -0.493 e. The molecule has 1 N–H and O–H groups in total. The molecule has 0 bridgehead atoms. The van der Waals surface area contributed by atoms with E-state index in [0.29, 0.717) is 6.61 Å². The molecule has 0 fully saturated rings. The van der Waals surface area contributed by atoms with Crippen molar-refractivity contribution in [2.75, 3.05) is 40.9 Å². The number of nitrogens with zero attached hydrogens (tertiary/aromatic N) is 1. The Morgan fingerprint density at radius 2 is 1.92 bits per heavy atom. The summed E-state index contributed by atoms with van der Waals surface area (Å²) in [7, 11) is 5.78. The number of benzene rings is 2. The first-order valence-corrected chi connectivity index (χ1v) is 10.2. The average molecular weight is 484 g/mol. The third-order valence-corrected chi connectivity index (χ3v) is 5.76. The SMILES string of the molecule is COc1cc2c(cc1OCCN(C)C)C(c1cc(Br)ccc1Br)NCC2. The Balaban J connectivity index is 1.98. The Morgan fingerprint density at radius 1 is 1.12 bits per heavy atom. The van der Waals surface area contributed by atoms with Gasteiger partial charge in [0, 0.05) is 22.0 Å². The highest BCUT2D eigenvalue weighted by molar-refractivity contribution is 9.11. The molecule has 3 rings (SSSR count). The number of ether oxygens (including phenoxy) is 2. The van der Waals surface area contributed by atoms with Gasteiger partial charge in [0.25, 0.3) is 0 Å². The van der Waals surface area contributed by atoms with Crippen LogP contribution >= 0.6 is 31.9 Å². The molecule has 0 amide bonds. The Labute approximate surface area is 172 Å². The minimum absolute atomic E-state index is 0.118. The lowest BCUT2D eigenvalue weighted by Crippen LogP contribution is -2.31. The maximum Gasteiger partial charge on any atom is 0.161 e. The first-order valence-electron chi connectivity index (χ1n) is 8.66. The lowest BCUT2D eigenvalue weighted by atomic mass is 9.89. The Kier molecular flexibility index (Phi) is 6.61. The standard InChI is InChI=1S/C20H24Br2N2O2/c1-24(2)8-9-26-19-12-15-13(10-18(19)25-3)6-7-23-20(15)16-11-14(21)4-5-17(16)22/h4-5,10-12,20,23H,6-9H2,1-3H3. The molecule has 140 valence electrons. The van der Waals surface area contributed by atoms with E-state index in [-0.39, 0.29) is 6.04 Å². The van der Waals surface area contributed by atoms with E-state index in [9.17, 15) is 0 Å². The summed E-state index contributed by atoms with van der Waals surface area (Å²) in [6.07, 6.45) is 0.978. The van der Waals surface area contributed by atoms with Crippen molar-refractivity contribution in [3.63, 3.8) is 0 Å². The normalized spacial score (nSPS) is 16.5. The van der Waals surface area contributed by atoms with Crippen LogP contribution in [-0.4, -0.2) is 45.8 Å². The van der Waals surface area contributed by atoms with E-state index in [4.69, 9.17) is 9.47 Å². The summed E-state index contributed by atoms with van der Waals surface area (Å²) in [5.74, 6) is 1.60. The molecule has 0 aliphatic carbocycles. The van der Waals surface area contributed by atoms with Gasteiger partial charge in [0.15, 0.2) is 11.5 Å². The van der Waals surface area contributed by atoms with Crippen LogP contribution in [0.15, 0.2) is 39.3 Å². The predicted molar refractivity (Wildman–Crippen MR) is 112 cm³/mol. The van der Waals surface area contributed by atoms with Gasteiger partial charge in [-0.15, -0.1) is 0 Å². The summed E-state index contributed by atoms with van der Waals surface area (Å²) < 4.78 is 13.8. The largest absolute Gasteiger partial charge is 0.493 e. The molecule has 0 aromatic heterocycles. The number of fused-ring (bicyclic) bond motifs is 1. The maximum absolute atomic E-state index is 6.03. The summed E-state index contributed by atoms with van der Waals surface area (Å²) in [6, 6.07) is 10.7. The van der Waals surface area contributed by atoms with Gasteiger partial charge in [-0.2, -0.15) is 0 Å². The smallest absolute Gasteiger partial charge is 0.161 e. The van der Waals surface area contributed by atoms with Crippen LogP contribution in [0.2, 0.25) is 0 Å². The molecule has 0 spiro atoms. The lowest BCUT2D eigenvalue weighted by Gasteiger charge is -2.29. The van der Waals surface area contributed by atoms with Crippen LogP contribution < -0.4 is 14.8 Å². The van der Waals surface area contributed by atoms with Crippen LogP contribution in [0.4, 0.5) is 0 Å². The lowest BCUT2D eigenvalue weighted by molar-refractivity contribution is 0.250. The summed E-state index contributed by atoms with van der Waals surface area (Å²) >= 11 is 7.29. The zero-order valence-corrected chi connectivity index (χ0v) is 18.5. The van der Waals surface area contributed by atoms with Gasteiger partial charge in [-0.05, 0) is 67.5 Å². The van der Waals surface area contributed by atoms with E-state index in [1.54, 1.807) is 7.11 Å². The van der Waals surface area contributed by atoms with Gasteiger partial charge in [-0.1, -0.05) is 31.9 Å². The molecule has 1 unspecified atom stereocenters. The van der Waals surface area contributed by atoms with Crippen molar-refractivity contribution in [1.29, 1.82) is 0 Å². The van der Waals surface area contributed by atoms with Crippen LogP contribution in [-0.2, 0) is 6.42 Å². The Hall–Kier alpha value is -1.08. The quantitative estimate of drug-likeness (QED) is 0.660. The van der Waals surface area contributed by atoms with Gasteiger partial charge in [0.05, 0.1) is 13.2 Å². The second-order valence-corrected chi connectivity index (χ2v) is 8.43.